The predicted molar refractivity (Wildman–Crippen MR) is 95.6 cm³/mol. The van der Waals surface area contributed by atoms with E-state index in [0.717, 1.165) is 16.3 Å². The van der Waals surface area contributed by atoms with Gasteiger partial charge in [0.2, 0.25) is 0 Å². The van der Waals surface area contributed by atoms with E-state index in [9.17, 15) is 5.11 Å². The highest BCUT2D eigenvalue weighted by molar-refractivity contribution is 8.14. The molecule has 2 heterocycles. The molecule has 1 N–H and O–H groups in total. The standard InChI is InChI=1S/C17H18ClN3OS/c1-2-21-16(20-11-13-4-3-9-19-10-13)23-12-17(21,22)14-5-7-15(18)8-6-14/h3-10,22H,2,11-12H2,1H3/t17-/m1/s1. The van der Waals surface area contributed by atoms with Crippen molar-refractivity contribution in [2.24, 2.45) is 4.99 Å². The van der Waals surface area contributed by atoms with Gasteiger partial charge in [0.15, 0.2) is 10.9 Å². The Kier molecular flexibility index (Phi) is 4.90. The van der Waals surface area contributed by atoms with Gasteiger partial charge in [0.25, 0.3) is 0 Å². The van der Waals surface area contributed by atoms with Crippen LogP contribution in [0.25, 0.3) is 0 Å². The second-order valence-electron chi connectivity index (χ2n) is 5.32. The molecule has 1 aromatic carbocycles. The molecule has 1 aromatic heterocycles. The molecule has 0 saturated carbocycles. The van der Waals surface area contributed by atoms with Crippen molar-refractivity contribution < 1.29 is 5.11 Å². The van der Waals surface area contributed by atoms with Crippen LogP contribution in [0.2, 0.25) is 5.02 Å². The number of aliphatic hydroxyl groups is 1. The molecule has 1 aliphatic heterocycles. The Morgan fingerprint density at radius 1 is 1.35 bits per heavy atom. The number of benzene rings is 1. The quantitative estimate of drug-likeness (QED) is 0.919. The molecule has 1 fully saturated rings. The zero-order valence-corrected chi connectivity index (χ0v) is 14.4. The first-order chi connectivity index (χ1) is 11.1. The van der Waals surface area contributed by atoms with Gasteiger partial charge in [-0.25, -0.2) is 0 Å². The molecule has 6 heteroatoms. The smallest absolute Gasteiger partial charge is 0.175 e. The van der Waals surface area contributed by atoms with Crippen molar-refractivity contribution in [1.29, 1.82) is 0 Å². The first kappa shape index (κ1) is 16.3. The zero-order chi connectivity index (χ0) is 16.3. The largest absolute Gasteiger partial charge is 0.366 e. The van der Waals surface area contributed by atoms with Gasteiger partial charge in [0.1, 0.15) is 0 Å². The Hall–Kier alpha value is -1.56. The van der Waals surface area contributed by atoms with Crippen LogP contribution in [0, 0.1) is 0 Å². The summed E-state index contributed by atoms with van der Waals surface area (Å²) >= 11 is 7.52. The molecule has 1 saturated heterocycles. The first-order valence-electron chi connectivity index (χ1n) is 7.45. The van der Waals surface area contributed by atoms with Gasteiger partial charge < -0.3 is 10.0 Å². The summed E-state index contributed by atoms with van der Waals surface area (Å²) in [5.74, 6) is 0.550. The molecule has 0 aliphatic carbocycles. The molecule has 4 nitrogen and oxygen atoms in total. The number of aliphatic imine (C=N–C) groups is 1. The van der Waals surface area contributed by atoms with E-state index >= 15 is 0 Å². The summed E-state index contributed by atoms with van der Waals surface area (Å²) in [6.07, 6.45) is 3.56. The van der Waals surface area contributed by atoms with Crippen molar-refractivity contribution in [3.8, 4) is 0 Å². The van der Waals surface area contributed by atoms with Crippen molar-refractivity contribution in [2.45, 2.75) is 19.2 Å². The molecule has 1 atom stereocenters. The lowest BCUT2D eigenvalue weighted by Crippen LogP contribution is -2.44. The third-order valence-corrected chi connectivity index (χ3v) is 5.23. The monoisotopic (exact) mass is 347 g/mol. The second-order valence-corrected chi connectivity index (χ2v) is 6.70. The molecule has 120 valence electrons. The van der Waals surface area contributed by atoms with Gasteiger partial charge >= 0.3 is 0 Å². The van der Waals surface area contributed by atoms with Gasteiger partial charge in [-0.05, 0) is 30.7 Å². The fourth-order valence-corrected chi connectivity index (χ4v) is 3.98. The number of nitrogens with zero attached hydrogens (tertiary/aromatic N) is 3. The average Bonchev–Trinajstić information content (AvgIpc) is 2.91. The lowest BCUT2D eigenvalue weighted by molar-refractivity contribution is -0.0453. The number of aromatic nitrogens is 1. The average molecular weight is 348 g/mol. The van der Waals surface area contributed by atoms with Crippen molar-refractivity contribution in [2.75, 3.05) is 12.3 Å². The minimum atomic E-state index is -1.04. The minimum absolute atomic E-state index is 0.550. The fourth-order valence-electron chi connectivity index (χ4n) is 2.61. The van der Waals surface area contributed by atoms with Crippen LogP contribution in [-0.4, -0.2) is 32.5 Å². The van der Waals surface area contributed by atoms with E-state index in [1.165, 1.54) is 0 Å². The zero-order valence-electron chi connectivity index (χ0n) is 12.8. The molecule has 0 spiro atoms. The van der Waals surface area contributed by atoms with E-state index in [1.807, 2.05) is 42.3 Å². The van der Waals surface area contributed by atoms with Crippen molar-refractivity contribution >= 4 is 28.5 Å². The van der Waals surface area contributed by atoms with Crippen molar-refractivity contribution in [3.05, 3.63) is 64.9 Å². The van der Waals surface area contributed by atoms with Crippen LogP contribution in [0.3, 0.4) is 0 Å². The van der Waals surface area contributed by atoms with E-state index in [0.29, 0.717) is 23.9 Å². The highest BCUT2D eigenvalue weighted by Gasteiger charge is 2.43. The Balaban J connectivity index is 1.83. The van der Waals surface area contributed by atoms with Crippen LogP contribution >= 0.6 is 23.4 Å². The lowest BCUT2D eigenvalue weighted by Gasteiger charge is -2.33. The Bertz CT molecular complexity index is 693. The van der Waals surface area contributed by atoms with Crippen molar-refractivity contribution in [1.82, 2.24) is 9.88 Å². The number of halogens is 1. The number of hydrogen-bond donors (Lipinski definition) is 1. The highest BCUT2D eigenvalue weighted by Crippen LogP contribution is 2.39. The molecule has 0 bridgehead atoms. The van der Waals surface area contributed by atoms with Crippen LogP contribution in [0.5, 0.6) is 0 Å². The molecule has 2 aromatic rings. The number of pyridine rings is 1. The third kappa shape index (κ3) is 3.37. The summed E-state index contributed by atoms with van der Waals surface area (Å²) in [4.78, 5) is 10.7. The van der Waals surface area contributed by atoms with E-state index in [4.69, 9.17) is 11.6 Å². The summed E-state index contributed by atoms with van der Waals surface area (Å²) in [6, 6.07) is 11.2. The van der Waals surface area contributed by atoms with Gasteiger partial charge in [-0.1, -0.05) is 41.6 Å². The van der Waals surface area contributed by atoms with Crippen LogP contribution in [0.4, 0.5) is 0 Å². The fraction of sp³-hybridized carbons (Fsp3) is 0.294. The molecular weight excluding hydrogens is 330 g/mol. The molecule has 0 radical (unpaired) electrons. The molecule has 23 heavy (non-hydrogen) atoms. The normalized spacial score (nSPS) is 22.7. The minimum Gasteiger partial charge on any atom is -0.366 e. The van der Waals surface area contributed by atoms with Gasteiger partial charge in [-0.2, -0.15) is 0 Å². The van der Waals surface area contributed by atoms with Gasteiger partial charge in [-0.3, -0.25) is 9.98 Å². The number of hydrogen-bond acceptors (Lipinski definition) is 4. The van der Waals surface area contributed by atoms with Crippen LogP contribution in [0.15, 0.2) is 53.8 Å². The Labute approximate surface area is 145 Å². The molecular formula is C17H18ClN3OS. The van der Waals surface area contributed by atoms with Crippen LogP contribution in [0.1, 0.15) is 18.1 Å². The maximum atomic E-state index is 11.1. The molecule has 1 aliphatic rings. The van der Waals surface area contributed by atoms with Crippen LogP contribution in [-0.2, 0) is 12.3 Å². The van der Waals surface area contributed by atoms with Crippen molar-refractivity contribution in [3.63, 3.8) is 0 Å². The predicted octanol–water partition coefficient (Wildman–Crippen LogP) is 3.51. The topological polar surface area (TPSA) is 48.7 Å². The SMILES string of the molecule is CCN1C(=NCc2cccnc2)SC[C@@]1(O)c1ccc(Cl)cc1. The van der Waals surface area contributed by atoms with Gasteiger partial charge in [-0.15, -0.1) is 0 Å². The number of amidine groups is 1. The molecule has 0 amide bonds. The molecule has 3 rings (SSSR count). The van der Waals surface area contributed by atoms with Crippen LogP contribution < -0.4 is 0 Å². The van der Waals surface area contributed by atoms with E-state index in [-0.39, 0.29) is 0 Å². The highest BCUT2D eigenvalue weighted by atomic mass is 35.5. The second kappa shape index (κ2) is 6.91. The van der Waals surface area contributed by atoms with E-state index in [1.54, 1.807) is 30.1 Å². The van der Waals surface area contributed by atoms with Gasteiger partial charge in [0, 0.05) is 29.5 Å². The van der Waals surface area contributed by atoms with E-state index < -0.39 is 5.72 Å². The van der Waals surface area contributed by atoms with Gasteiger partial charge in [0.05, 0.1) is 12.3 Å². The summed E-state index contributed by atoms with van der Waals surface area (Å²) in [5, 5.41) is 12.7. The molecule has 0 unspecified atom stereocenters. The third-order valence-electron chi connectivity index (χ3n) is 3.82. The summed E-state index contributed by atoms with van der Waals surface area (Å²) in [5.41, 5.74) is 0.846. The Morgan fingerprint density at radius 2 is 2.13 bits per heavy atom. The maximum Gasteiger partial charge on any atom is 0.175 e. The number of rotatable bonds is 4. The summed E-state index contributed by atoms with van der Waals surface area (Å²) in [7, 11) is 0. The maximum absolute atomic E-state index is 11.1. The Morgan fingerprint density at radius 3 is 2.78 bits per heavy atom. The van der Waals surface area contributed by atoms with E-state index in [2.05, 4.69) is 9.98 Å². The first-order valence-corrected chi connectivity index (χ1v) is 8.82. The summed E-state index contributed by atoms with van der Waals surface area (Å²) < 4.78 is 0. The summed E-state index contributed by atoms with van der Waals surface area (Å²) in [6.45, 7) is 3.26. The lowest BCUT2D eigenvalue weighted by atomic mass is 10.0. The number of thioether (sulfide) groups is 1.